The minimum absolute atomic E-state index is 0.194. The fourth-order valence-corrected chi connectivity index (χ4v) is 13.4. The number of unbranched alkanes of at least 4 members (excludes halogenated alkanes) is 3. The van der Waals surface area contributed by atoms with Crippen molar-refractivity contribution in [3.63, 3.8) is 0 Å². The van der Waals surface area contributed by atoms with Gasteiger partial charge in [0.25, 0.3) is 0 Å². The number of benzene rings is 10. The van der Waals surface area contributed by atoms with E-state index in [0.29, 0.717) is 0 Å². The zero-order valence-electron chi connectivity index (χ0n) is 46.6. The molecule has 0 saturated carbocycles. The third-order valence-electron chi connectivity index (χ3n) is 17.3. The van der Waals surface area contributed by atoms with Crippen LogP contribution in [-0.4, -0.2) is 6.85 Å². The van der Waals surface area contributed by atoms with Crippen LogP contribution in [0.2, 0.25) is 0 Å². The highest BCUT2D eigenvalue weighted by Crippen LogP contribution is 2.55. The number of hydrogen-bond acceptors (Lipinski definition) is 3. The van der Waals surface area contributed by atoms with E-state index in [1.54, 1.807) is 0 Å². The van der Waals surface area contributed by atoms with Gasteiger partial charge in [-0.2, -0.15) is 0 Å². The number of rotatable bonds is 16. The van der Waals surface area contributed by atoms with Crippen LogP contribution in [0.25, 0.3) is 44.5 Å². The monoisotopic (exact) mass is 1020 g/mol. The first-order valence-electron chi connectivity index (χ1n) is 29.3. The molecule has 0 radical (unpaired) electrons. The van der Waals surface area contributed by atoms with Crippen molar-refractivity contribution >= 4 is 63.3 Å². The SMILES string of the molecule is CCCCc1ccc(N2B3c4c(cc(-c5ccccc5)cc4N(c4ccc(CCCC)cc4-c4ccccc4)c4ccc5c(c43)C(C)(C)c3ccccc3-5)-c3ccc(N(c4ccccc4)c4ccc(CCCC)cc4)cc32)cc1. The highest BCUT2D eigenvalue weighted by Gasteiger charge is 2.50. The number of hydrogen-bond donors (Lipinski definition) is 0. The van der Waals surface area contributed by atoms with Gasteiger partial charge in [-0.05, 0) is 190 Å². The van der Waals surface area contributed by atoms with Gasteiger partial charge in [-0.1, -0.05) is 199 Å². The molecule has 79 heavy (non-hydrogen) atoms. The fourth-order valence-electron chi connectivity index (χ4n) is 13.4. The van der Waals surface area contributed by atoms with Gasteiger partial charge in [0.1, 0.15) is 0 Å². The predicted molar refractivity (Wildman–Crippen MR) is 339 cm³/mol. The molecule has 0 amide bonds. The molecule has 0 saturated heterocycles. The Morgan fingerprint density at radius 1 is 0.380 bits per heavy atom. The van der Waals surface area contributed by atoms with Crippen molar-refractivity contribution in [1.82, 2.24) is 0 Å². The van der Waals surface area contributed by atoms with Crippen LogP contribution >= 0.6 is 0 Å². The average Bonchev–Trinajstić information content (AvgIpc) is 3.84. The number of para-hydroxylation sites is 1. The van der Waals surface area contributed by atoms with Crippen molar-refractivity contribution in [3.8, 4) is 44.5 Å². The van der Waals surface area contributed by atoms with E-state index in [1.165, 1.54) is 137 Å². The van der Waals surface area contributed by atoms with Crippen molar-refractivity contribution in [1.29, 1.82) is 0 Å². The third-order valence-corrected chi connectivity index (χ3v) is 17.3. The second-order valence-corrected chi connectivity index (χ2v) is 22.8. The highest BCUT2D eigenvalue weighted by atomic mass is 15.2. The van der Waals surface area contributed by atoms with Gasteiger partial charge in [0, 0.05) is 56.4 Å². The summed E-state index contributed by atoms with van der Waals surface area (Å²) in [6.07, 6.45) is 10.2. The van der Waals surface area contributed by atoms with Gasteiger partial charge in [0.2, 0.25) is 0 Å². The molecule has 4 heteroatoms. The van der Waals surface area contributed by atoms with Gasteiger partial charge >= 0.3 is 6.85 Å². The molecule has 13 rings (SSSR count). The van der Waals surface area contributed by atoms with E-state index >= 15 is 0 Å². The highest BCUT2D eigenvalue weighted by molar-refractivity contribution is 6.94. The summed E-state index contributed by atoms with van der Waals surface area (Å²) in [5.41, 5.74) is 28.8. The molecule has 0 bridgehead atoms. The normalized spacial score (nSPS) is 13.4. The van der Waals surface area contributed by atoms with Gasteiger partial charge in [-0.3, -0.25) is 0 Å². The summed E-state index contributed by atoms with van der Waals surface area (Å²) in [6, 6.07) is 85.9. The van der Waals surface area contributed by atoms with E-state index in [1.807, 2.05) is 0 Å². The number of nitrogens with zero attached hydrogens (tertiary/aromatic N) is 3. The number of aryl methyl sites for hydroxylation is 3. The molecular formula is C75H70BN3. The summed E-state index contributed by atoms with van der Waals surface area (Å²) in [6.45, 7) is 11.6. The minimum atomic E-state index is -0.304. The maximum atomic E-state index is 2.74. The molecule has 2 aliphatic heterocycles. The molecule has 388 valence electrons. The lowest BCUT2D eigenvalue weighted by molar-refractivity contribution is 0.664. The van der Waals surface area contributed by atoms with Crippen molar-refractivity contribution in [2.75, 3.05) is 14.6 Å². The van der Waals surface area contributed by atoms with Crippen LogP contribution in [0.5, 0.6) is 0 Å². The summed E-state index contributed by atoms with van der Waals surface area (Å²) in [5, 5.41) is 0. The Kier molecular flexibility index (Phi) is 13.4. The van der Waals surface area contributed by atoms with E-state index in [-0.39, 0.29) is 12.3 Å². The topological polar surface area (TPSA) is 9.72 Å². The van der Waals surface area contributed by atoms with Crippen LogP contribution in [0.4, 0.5) is 45.5 Å². The second-order valence-electron chi connectivity index (χ2n) is 22.8. The molecule has 10 aromatic carbocycles. The number of anilines is 8. The Bertz CT molecular complexity index is 3830. The average molecular weight is 1020 g/mol. The van der Waals surface area contributed by atoms with Gasteiger partial charge < -0.3 is 14.6 Å². The second kappa shape index (κ2) is 21.1. The maximum absolute atomic E-state index is 2.74. The van der Waals surface area contributed by atoms with Crippen molar-refractivity contribution in [3.05, 3.63) is 252 Å². The quantitative estimate of drug-likeness (QED) is 0.0893. The smallest absolute Gasteiger partial charge is 0.333 e. The van der Waals surface area contributed by atoms with Gasteiger partial charge in [-0.15, -0.1) is 0 Å². The van der Waals surface area contributed by atoms with Gasteiger partial charge in [0.05, 0.1) is 5.69 Å². The van der Waals surface area contributed by atoms with Crippen LogP contribution in [0.3, 0.4) is 0 Å². The first-order chi connectivity index (χ1) is 38.8. The Hall–Kier alpha value is -8.34. The van der Waals surface area contributed by atoms with Crippen LogP contribution in [-0.2, 0) is 24.7 Å². The van der Waals surface area contributed by atoms with E-state index in [4.69, 9.17) is 0 Å². The molecule has 0 atom stereocenters. The number of fused-ring (bicyclic) bond motifs is 8. The van der Waals surface area contributed by atoms with Crippen LogP contribution < -0.4 is 25.5 Å². The molecule has 1 aliphatic carbocycles. The lowest BCUT2D eigenvalue weighted by atomic mass is 9.41. The third kappa shape index (κ3) is 8.87. The molecule has 0 fully saturated rings. The van der Waals surface area contributed by atoms with Crippen LogP contribution in [0, 0.1) is 0 Å². The first kappa shape index (κ1) is 50.2. The Morgan fingerprint density at radius 2 is 0.937 bits per heavy atom. The molecule has 0 unspecified atom stereocenters. The fraction of sp³-hybridized carbons (Fsp3) is 0.200. The van der Waals surface area contributed by atoms with Crippen molar-refractivity contribution in [2.45, 2.75) is 97.8 Å². The Labute approximate surface area is 470 Å². The molecule has 10 aromatic rings. The van der Waals surface area contributed by atoms with E-state index in [9.17, 15) is 0 Å². The zero-order valence-corrected chi connectivity index (χ0v) is 46.6. The molecule has 0 aromatic heterocycles. The summed E-state index contributed by atoms with van der Waals surface area (Å²) < 4.78 is 0. The van der Waals surface area contributed by atoms with Crippen LogP contribution in [0.15, 0.2) is 224 Å². The molecule has 3 aliphatic rings. The lowest BCUT2D eigenvalue weighted by Crippen LogP contribution is -2.63. The summed E-state index contributed by atoms with van der Waals surface area (Å²) in [5.74, 6) is 0. The molecule has 2 heterocycles. The predicted octanol–water partition coefficient (Wildman–Crippen LogP) is 19.5. The molecule has 0 spiro atoms. The van der Waals surface area contributed by atoms with E-state index < -0.39 is 0 Å². The van der Waals surface area contributed by atoms with E-state index in [2.05, 4.69) is 274 Å². The summed E-state index contributed by atoms with van der Waals surface area (Å²) in [4.78, 5) is 7.88. The molecular weight excluding hydrogens is 954 g/mol. The zero-order chi connectivity index (χ0) is 53.6. The minimum Gasteiger partial charge on any atom is -0.376 e. The molecule has 0 N–H and O–H groups in total. The van der Waals surface area contributed by atoms with Crippen molar-refractivity contribution < 1.29 is 0 Å². The van der Waals surface area contributed by atoms with Crippen LogP contribution in [0.1, 0.15) is 101 Å². The standard InChI is InChI=1S/C75H70BN3/c1-6-9-23-52-34-39-59(40-35-52)77(58-30-19-14-20-31-58)61-43-44-63-66-49-57(55-26-15-12-16-27-55)50-71-73(66)76(79(70(63)51-61)60-41-36-53(37-42-60)24-10-7-2)74-69(47-45-64-62-32-21-22-33-67(62)75(4,5)72(64)74)78(71)68-46-38-54(25-11-8-3)48-65(68)56-28-17-13-18-29-56/h12-22,26-51H,6-11,23-25H2,1-5H3. The first-order valence-corrected chi connectivity index (χ1v) is 29.3. The van der Waals surface area contributed by atoms with E-state index in [0.717, 1.165) is 49.2 Å². The Morgan fingerprint density at radius 3 is 1.62 bits per heavy atom. The summed E-state index contributed by atoms with van der Waals surface area (Å²) >= 11 is 0. The lowest BCUT2D eigenvalue weighted by Gasteiger charge is -2.48. The van der Waals surface area contributed by atoms with Gasteiger partial charge in [0.15, 0.2) is 0 Å². The maximum Gasteiger partial charge on any atom is 0.333 e. The van der Waals surface area contributed by atoms with Crippen molar-refractivity contribution in [2.24, 2.45) is 0 Å². The largest absolute Gasteiger partial charge is 0.376 e. The molecule has 3 nitrogen and oxygen atoms in total. The Balaban J connectivity index is 1.14. The van der Waals surface area contributed by atoms with Gasteiger partial charge in [-0.25, -0.2) is 0 Å². The summed E-state index contributed by atoms with van der Waals surface area (Å²) in [7, 11) is 0.